The van der Waals surface area contributed by atoms with E-state index in [-0.39, 0.29) is 38.8 Å². The molecule has 0 saturated heterocycles. The molecule has 0 amide bonds. The van der Waals surface area contributed by atoms with E-state index in [2.05, 4.69) is 74.6 Å². The Bertz CT molecular complexity index is 1050. The van der Waals surface area contributed by atoms with E-state index < -0.39 is 13.9 Å². The summed E-state index contributed by atoms with van der Waals surface area (Å²) in [7, 11) is -4.30. The first-order valence-corrected chi connectivity index (χ1v) is 23.0. The summed E-state index contributed by atoms with van der Waals surface area (Å²) >= 11 is 0. The number of unbranched alkanes of at least 4 members (excludes halogenated alkanes) is 17. The molecule has 0 aliphatic carbocycles. The van der Waals surface area contributed by atoms with Crippen molar-refractivity contribution in [3.05, 3.63) is 73.1 Å². The van der Waals surface area contributed by atoms with Crippen LogP contribution in [0, 0.1) is 0 Å². The summed E-state index contributed by atoms with van der Waals surface area (Å²) < 4.78 is 33.1. The van der Waals surface area contributed by atoms with Gasteiger partial charge < -0.3 is 20.1 Å². The largest absolute Gasteiger partial charge is 0.498 e. The van der Waals surface area contributed by atoms with Crippen molar-refractivity contribution in [1.82, 2.24) is 0 Å². The summed E-state index contributed by atoms with van der Waals surface area (Å²) in [5.74, 6) is -0.385. The molecule has 0 spiro atoms. The molecule has 0 aliphatic heterocycles. The maximum atomic E-state index is 12.6. The molecule has 0 aromatic rings. The molecule has 0 radical (unpaired) electrons. The minimum Gasteiger partial charge on any atom is -0.498 e. The third-order valence-corrected chi connectivity index (χ3v) is 9.69. The predicted molar refractivity (Wildman–Crippen MR) is 228 cm³/mol. The minimum absolute atomic E-state index is 0.0158. The van der Waals surface area contributed by atoms with Gasteiger partial charge in [-0.25, -0.2) is 4.57 Å². The number of hydrogen-bond donors (Lipinski definition) is 2. The fourth-order valence-electron chi connectivity index (χ4n) is 5.58. The van der Waals surface area contributed by atoms with Crippen molar-refractivity contribution in [2.45, 2.75) is 180 Å². The van der Waals surface area contributed by atoms with Gasteiger partial charge in [-0.05, 0) is 70.3 Å². The molecule has 3 N–H and O–H groups in total. The van der Waals surface area contributed by atoms with Gasteiger partial charge in [0, 0.05) is 13.0 Å². The Labute approximate surface area is 331 Å². The van der Waals surface area contributed by atoms with Crippen LogP contribution in [0.3, 0.4) is 0 Å². The van der Waals surface area contributed by atoms with E-state index in [4.69, 9.17) is 24.3 Å². The summed E-state index contributed by atoms with van der Waals surface area (Å²) in [6.45, 7) is 4.08. The molecule has 0 saturated carbocycles. The third kappa shape index (κ3) is 41.0. The first-order valence-electron chi connectivity index (χ1n) is 21.5. The van der Waals surface area contributed by atoms with E-state index in [1.54, 1.807) is 6.26 Å². The van der Waals surface area contributed by atoms with Crippen LogP contribution in [-0.4, -0.2) is 43.3 Å². The number of carbonyl (C=O) groups excluding carboxylic acids is 1. The van der Waals surface area contributed by atoms with Crippen LogP contribution in [-0.2, 0) is 27.9 Å². The third-order valence-electron chi connectivity index (χ3n) is 8.70. The van der Waals surface area contributed by atoms with Crippen LogP contribution in [0.2, 0.25) is 0 Å². The number of carbonyl (C=O) groups is 1. The van der Waals surface area contributed by atoms with Gasteiger partial charge >= 0.3 is 13.8 Å². The maximum absolute atomic E-state index is 12.6. The second kappa shape index (κ2) is 41.9. The van der Waals surface area contributed by atoms with Crippen molar-refractivity contribution < 1.29 is 32.8 Å². The summed E-state index contributed by atoms with van der Waals surface area (Å²) in [5.41, 5.74) is 5.36. The second-order valence-corrected chi connectivity index (χ2v) is 15.3. The van der Waals surface area contributed by atoms with Crippen LogP contribution < -0.4 is 5.73 Å². The van der Waals surface area contributed by atoms with Crippen molar-refractivity contribution in [2.75, 3.05) is 26.4 Å². The van der Waals surface area contributed by atoms with E-state index >= 15 is 0 Å². The van der Waals surface area contributed by atoms with Crippen LogP contribution in [0.15, 0.2) is 73.1 Å². The minimum atomic E-state index is -4.30. The first kappa shape index (κ1) is 51.8. The molecule has 54 heavy (non-hydrogen) atoms. The van der Waals surface area contributed by atoms with Crippen LogP contribution in [0.1, 0.15) is 174 Å². The fraction of sp³-hybridized carbons (Fsp3) is 0.711. The fourth-order valence-corrected chi connectivity index (χ4v) is 6.34. The van der Waals surface area contributed by atoms with E-state index in [9.17, 15) is 14.3 Å². The molecule has 0 aromatic carbocycles. The SMILES string of the molecule is CC/C=C\C/C=C\C/C=C\C/C=C\C/C=C\CCCCCC(=O)O[C@H](CO/C=C\CCCCCCCCCCCCCCCC)COP(=O)(O)OCCN. The van der Waals surface area contributed by atoms with Gasteiger partial charge in [-0.2, -0.15) is 0 Å². The smallest absolute Gasteiger partial charge is 0.472 e. The standard InChI is InChI=1S/C45H80NO7P/c1-3-5-7-9-11-13-15-17-19-21-22-23-24-26-28-30-32-34-36-38-45(47)53-44(43-52-54(48,49)51-41-39-46)42-50-40-37-35-33-31-29-27-25-20-18-16-14-12-10-8-6-4-2/h5,7,11,13,17,19,22-23,26,28,37,40,44H,3-4,6,8-10,12,14-16,18,20-21,24-25,27,29-36,38-39,41-43,46H2,1-2H3,(H,48,49)/b7-5-,13-11-,19-17-,23-22-,28-26-,40-37-/t44-/m1/s1. The lowest BCUT2D eigenvalue weighted by atomic mass is 10.0. The zero-order chi connectivity index (χ0) is 39.5. The van der Waals surface area contributed by atoms with Crippen LogP contribution in [0.5, 0.6) is 0 Å². The zero-order valence-corrected chi connectivity index (χ0v) is 35.3. The average molecular weight is 778 g/mol. The highest BCUT2D eigenvalue weighted by atomic mass is 31.2. The number of esters is 1. The lowest BCUT2D eigenvalue weighted by Gasteiger charge is -2.19. The van der Waals surface area contributed by atoms with E-state index in [1.165, 1.54) is 83.5 Å². The summed E-state index contributed by atoms with van der Waals surface area (Å²) in [6.07, 6.45) is 53.0. The maximum Gasteiger partial charge on any atom is 0.472 e. The van der Waals surface area contributed by atoms with Crippen molar-refractivity contribution >= 4 is 13.8 Å². The number of nitrogens with two attached hydrogens (primary N) is 1. The first-order chi connectivity index (χ1) is 26.4. The summed E-state index contributed by atoms with van der Waals surface area (Å²) in [4.78, 5) is 22.4. The van der Waals surface area contributed by atoms with Crippen molar-refractivity contribution in [3.8, 4) is 0 Å². The molecule has 2 atom stereocenters. The van der Waals surface area contributed by atoms with E-state index in [1.807, 2.05) is 6.08 Å². The molecule has 9 heteroatoms. The Hall–Kier alpha value is -2.22. The molecule has 0 aromatic heterocycles. The molecule has 0 rings (SSSR count). The summed E-state index contributed by atoms with van der Waals surface area (Å²) in [6, 6.07) is 0. The average Bonchev–Trinajstić information content (AvgIpc) is 3.16. The van der Waals surface area contributed by atoms with Crippen molar-refractivity contribution in [3.63, 3.8) is 0 Å². The van der Waals surface area contributed by atoms with Gasteiger partial charge in [0.25, 0.3) is 0 Å². The van der Waals surface area contributed by atoms with Crippen molar-refractivity contribution in [2.24, 2.45) is 5.73 Å². The molecular formula is C45H80NO7P. The molecular weight excluding hydrogens is 697 g/mol. The molecule has 0 aliphatic rings. The van der Waals surface area contributed by atoms with Gasteiger partial charge in [-0.3, -0.25) is 13.8 Å². The second-order valence-electron chi connectivity index (χ2n) is 13.9. The van der Waals surface area contributed by atoms with Crippen LogP contribution >= 0.6 is 7.82 Å². The molecule has 8 nitrogen and oxygen atoms in total. The Morgan fingerprint density at radius 2 is 1.06 bits per heavy atom. The van der Waals surface area contributed by atoms with Gasteiger partial charge in [0.2, 0.25) is 0 Å². The Balaban J connectivity index is 4.17. The molecule has 0 heterocycles. The highest BCUT2D eigenvalue weighted by Crippen LogP contribution is 2.43. The van der Waals surface area contributed by atoms with E-state index in [0.717, 1.165) is 64.2 Å². The predicted octanol–water partition coefficient (Wildman–Crippen LogP) is 13.1. The number of ether oxygens (including phenoxy) is 2. The topological polar surface area (TPSA) is 117 Å². The summed E-state index contributed by atoms with van der Waals surface area (Å²) in [5, 5.41) is 0. The monoisotopic (exact) mass is 778 g/mol. The molecule has 0 fully saturated rings. The molecule has 312 valence electrons. The van der Waals surface area contributed by atoms with Crippen LogP contribution in [0.25, 0.3) is 0 Å². The van der Waals surface area contributed by atoms with E-state index in [0.29, 0.717) is 6.42 Å². The highest BCUT2D eigenvalue weighted by molar-refractivity contribution is 7.47. The number of hydrogen-bond acceptors (Lipinski definition) is 7. The number of rotatable bonds is 40. The van der Waals surface area contributed by atoms with Gasteiger partial charge in [-0.1, -0.05) is 164 Å². The quantitative estimate of drug-likeness (QED) is 0.0208. The Morgan fingerprint density at radius 3 is 1.57 bits per heavy atom. The molecule has 0 bridgehead atoms. The van der Waals surface area contributed by atoms with Crippen LogP contribution in [0.4, 0.5) is 0 Å². The lowest BCUT2D eigenvalue weighted by Crippen LogP contribution is -2.27. The van der Waals surface area contributed by atoms with Gasteiger partial charge in [-0.15, -0.1) is 0 Å². The molecule has 1 unspecified atom stereocenters. The van der Waals surface area contributed by atoms with Gasteiger partial charge in [0.15, 0.2) is 6.10 Å². The van der Waals surface area contributed by atoms with Gasteiger partial charge in [0.1, 0.15) is 6.61 Å². The van der Waals surface area contributed by atoms with Crippen molar-refractivity contribution in [1.29, 1.82) is 0 Å². The van der Waals surface area contributed by atoms with Gasteiger partial charge in [0.05, 0.1) is 19.5 Å². The number of phosphoric ester groups is 1. The number of allylic oxidation sites excluding steroid dienone is 11. The highest BCUT2D eigenvalue weighted by Gasteiger charge is 2.25. The normalized spacial score (nSPS) is 14.1. The Kier molecular flexibility index (Phi) is 40.2. The lowest BCUT2D eigenvalue weighted by molar-refractivity contribution is -0.153. The zero-order valence-electron chi connectivity index (χ0n) is 34.4. The number of phosphoric acid groups is 1. The Morgan fingerprint density at radius 1 is 0.593 bits per heavy atom.